The Labute approximate surface area is 112 Å². The van der Waals surface area contributed by atoms with Crippen LogP contribution in [0, 0.1) is 0 Å². The van der Waals surface area contributed by atoms with Gasteiger partial charge >= 0.3 is 0 Å². The molecular formula is C14H12Br2. The van der Waals surface area contributed by atoms with Gasteiger partial charge < -0.3 is 0 Å². The second-order valence-corrected chi connectivity index (χ2v) is 5.16. The SMILES string of the molecule is C/C=c1/c(Br)c2ccccc2c(Br)/c1=C/C. The number of fused-ring (bicyclic) bond motifs is 1. The van der Waals surface area contributed by atoms with Crippen LogP contribution < -0.4 is 10.4 Å². The summed E-state index contributed by atoms with van der Waals surface area (Å²) in [6.45, 7) is 4.13. The molecule has 0 spiro atoms. The molecule has 2 heteroatoms. The van der Waals surface area contributed by atoms with E-state index in [9.17, 15) is 0 Å². The molecule has 16 heavy (non-hydrogen) atoms. The molecule has 0 aliphatic heterocycles. The van der Waals surface area contributed by atoms with E-state index in [0.717, 1.165) is 0 Å². The van der Waals surface area contributed by atoms with Crippen LogP contribution >= 0.6 is 31.9 Å². The largest absolute Gasteiger partial charge is 0.0786 e. The third-order valence-corrected chi connectivity index (χ3v) is 4.45. The third kappa shape index (κ3) is 1.74. The summed E-state index contributed by atoms with van der Waals surface area (Å²) in [5.41, 5.74) is 0. The van der Waals surface area contributed by atoms with Gasteiger partial charge in [0.1, 0.15) is 0 Å². The molecule has 2 rings (SSSR count). The fraction of sp³-hybridized carbons (Fsp3) is 0.143. The van der Waals surface area contributed by atoms with Gasteiger partial charge in [0.15, 0.2) is 0 Å². The van der Waals surface area contributed by atoms with Crippen molar-refractivity contribution in [1.82, 2.24) is 0 Å². The summed E-state index contributed by atoms with van der Waals surface area (Å²) in [6.07, 6.45) is 4.27. The molecule has 0 bridgehead atoms. The Bertz CT molecular complexity index is 596. The Kier molecular flexibility index (Phi) is 3.50. The first-order valence-corrected chi connectivity index (χ1v) is 6.77. The first-order valence-electron chi connectivity index (χ1n) is 5.19. The van der Waals surface area contributed by atoms with Crippen LogP contribution in [0.1, 0.15) is 13.8 Å². The molecule has 0 aliphatic carbocycles. The average molecular weight is 340 g/mol. The van der Waals surface area contributed by atoms with E-state index in [4.69, 9.17) is 0 Å². The Hall–Kier alpha value is -0.600. The Morgan fingerprint density at radius 2 is 1.19 bits per heavy atom. The van der Waals surface area contributed by atoms with Crippen molar-refractivity contribution < 1.29 is 0 Å². The number of rotatable bonds is 0. The van der Waals surface area contributed by atoms with E-state index in [1.54, 1.807) is 0 Å². The average Bonchev–Trinajstić information content (AvgIpc) is 2.33. The van der Waals surface area contributed by atoms with Crippen LogP contribution in [0.25, 0.3) is 22.9 Å². The quantitative estimate of drug-likeness (QED) is 0.681. The highest BCUT2D eigenvalue weighted by Crippen LogP contribution is 2.24. The maximum atomic E-state index is 3.70. The topological polar surface area (TPSA) is 0 Å². The molecule has 0 fully saturated rings. The highest BCUT2D eigenvalue weighted by Gasteiger charge is 2.06. The molecule has 0 saturated heterocycles. The number of benzene rings is 2. The van der Waals surface area contributed by atoms with E-state index in [-0.39, 0.29) is 0 Å². The standard InChI is InChI=1S/C14H12Br2/c1-3-9-10(4-2)14(16)12-8-6-5-7-11(12)13(9)15/h3-8H,1-2H3/b9-3+,10-4+. The summed E-state index contributed by atoms with van der Waals surface area (Å²) in [6, 6.07) is 8.40. The molecule has 0 saturated carbocycles. The number of hydrogen-bond acceptors (Lipinski definition) is 0. The third-order valence-electron chi connectivity index (χ3n) is 2.74. The summed E-state index contributed by atoms with van der Waals surface area (Å²) >= 11 is 7.39. The van der Waals surface area contributed by atoms with Gasteiger partial charge in [-0.05, 0) is 66.9 Å². The molecular weight excluding hydrogens is 328 g/mol. The molecule has 0 nitrogen and oxygen atoms in total. The van der Waals surface area contributed by atoms with Gasteiger partial charge in [-0.15, -0.1) is 0 Å². The maximum absolute atomic E-state index is 3.70. The second kappa shape index (κ2) is 4.72. The van der Waals surface area contributed by atoms with E-state index in [1.807, 2.05) is 0 Å². The van der Waals surface area contributed by atoms with Crippen molar-refractivity contribution in [2.45, 2.75) is 13.8 Å². The molecule has 0 heterocycles. The fourth-order valence-electron chi connectivity index (χ4n) is 1.96. The minimum atomic E-state index is 1.17. The predicted molar refractivity (Wildman–Crippen MR) is 78.9 cm³/mol. The highest BCUT2D eigenvalue weighted by atomic mass is 79.9. The molecule has 82 valence electrons. The van der Waals surface area contributed by atoms with Crippen molar-refractivity contribution in [3.05, 3.63) is 43.6 Å². The van der Waals surface area contributed by atoms with E-state index >= 15 is 0 Å². The smallest absolute Gasteiger partial charge is 0.0329 e. The normalized spacial score (nSPS) is 13.8. The van der Waals surface area contributed by atoms with Crippen LogP contribution in [0.2, 0.25) is 0 Å². The summed E-state index contributed by atoms with van der Waals surface area (Å²) in [7, 11) is 0. The van der Waals surface area contributed by atoms with E-state index in [1.165, 1.54) is 30.2 Å². The minimum Gasteiger partial charge on any atom is -0.0786 e. The van der Waals surface area contributed by atoms with Crippen molar-refractivity contribution in [1.29, 1.82) is 0 Å². The van der Waals surface area contributed by atoms with Crippen LogP contribution in [0.5, 0.6) is 0 Å². The zero-order valence-electron chi connectivity index (χ0n) is 9.22. The van der Waals surface area contributed by atoms with Gasteiger partial charge in [-0.2, -0.15) is 0 Å². The summed E-state index contributed by atoms with van der Waals surface area (Å²) in [5.74, 6) is 0. The summed E-state index contributed by atoms with van der Waals surface area (Å²) in [5, 5.41) is 4.97. The van der Waals surface area contributed by atoms with Gasteiger partial charge in [-0.25, -0.2) is 0 Å². The predicted octanol–water partition coefficient (Wildman–Crippen LogP) is 3.97. The van der Waals surface area contributed by atoms with Gasteiger partial charge in [-0.1, -0.05) is 36.4 Å². The highest BCUT2D eigenvalue weighted by molar-refractivity contribution is 9.11. The lowest BCUT2D eigenvalue weighted by molar-refractivity contribution is 1.47. The van der Waals surface area contributed by atoms with Crippen molar-refractivity contribution in [2.75, 3.05) is 0 Å². The first kappa shape index (κ1) is 11.9. The van der Waals surface area contributed by atoms with Gasteiger partial charge in [0.2, 0.25) is 0 Å². The lowest BCUT2D eigenvalue weighted by Crippen LogP contribution is -2.27. The van der Waals surface area contributed by atoms with Crippen molar-refractivity contribution in [3.8, 4) is 0 Å². The fourth-order valence-corrected chi connectivity index (χ4v) is 3.53. The van der Waals surface area contributed by atoms with Gasteiger partial charge in [-0.3, -0.25) is 0 Å². The lowest BCUT2D eigenvalue weighted by Gasteiger charge is -2.06. The van der Waals surface area contributed by atoms with Gasteiger partial charge in [0, 0.05) is 8.95 Å². The van der Waals surface area contributed by atoms with E-state index in [0.29, 0.717) is 0 Å². The summed E-state index contributed by atoms with van der Waals surface area (Å²) in [4.78, 5) is 0. The number of halogens is 2. The number of hydrogen-bond donors (Lipinski definition) is 0. The Morgan fingerprint density at radius 3 is 1.50 bits per heavy atom. The minimum absolute atomic E-state index is 1.17. The van der Waals surface area contributed by atoms with Gasteiger partial charge in [0.05, 0.1) is 0 Å². The molecule has 0 radical (unpaired) electrons. The van der Waals surface area contributed by atoms with Crippen LogP contribution in [-0.4, -0.2) is 0 Å². The molecule has 2 aromatic rings. The Morgan fingerprint density at radius 1 is 0.812 bits per heavy atom. The van der Waals surface area contributed by atoms with E-state index < -0.39 is 0 Å². The summed E-state index contributed by atoms with van der Waals surface area (Å²) < 4.78 is 2.34. The molecule has 0 atom stereocenters. The zero-order valence-corrected chi connectivity index (χ0v) is 12.4. The van der Waals surface area contributed by atoms with Crippen molar-refractivity contribution in [3.63, 3.8) is 0 Å². The molecule has 0 N–H and O–H groups in total. The Balaban J connectivity index is 3.20. The zero-order chi connectivity index (χ0) is 11.7. The van der Waals surface area contributed by atoms with Crippen LogP contribution in [0.3, 0.4) is 0 Å². The molecule has 0 amide bonds. The van der Waals surface area contributed by atoms with Crippen molar-refractivity contribution >= 4 is 54.8 Å². The van der Waals surface area contributed by atoms with Crippen molar-refractivity contribution in [2.24, 2.45) is 0 Å². The molecule has 0 aliphatic rings. The molecule has 0 unspecified atom stereocenters. The first-order chi connectivity index (χ1) is 7.70. The molecule has 0 aromatic heterocycles. The maximum Gasteiger partial charge on any atom is 0.0329 e. The lowest BCUT2D eigenvalue weighted by atomic mass is 10.1. The second-order valence-electron chi connectivity index (χ2n) is 3.58. The van der Waals surface area contributed by atoms with Gasteiger partial charge in [0.25, 0.3) is 0 Å². The monoisotopic (exact) mass is 338 g/mol. The molecule has 2 aromatic carbocycles. The van der Waals surface area contributed by atoms with Crippen LogP contribution in [0.4, 0.5) is 0 Å². The van der Waals surface area contributed by atoms with Crippen LogP contribution in [-0.2, 0) is 0 Å². The van der Waals surface area contributed by atoms with E-state index in [2.05, 4.69) is 82.1 Å². The van der Waals surface area contributed by atoms with Crippen LogP contribution in [0.15, 0.2) is 33.2 Å².